The second-order valence-corrected chi connectivity index (χ2v) is 5.97. The molecule has 0 radical (unpaired) electrons. The Hall–Kier alpha value is -3.88. The number of fused-ring (bicyclic) bond motifs is 1. The highest BCUT2D eigenvalue weighted by atomic mass is 19.1. The minimum absolute atomic E-state index is 0.170. The first-order valence-corrected chi connectivity index (χ1v) is 8.33. The molecule has 3 aromatic heterocycles. The number of pyridine rings is 1. The van der Waals surface area contributed by atoms with E-state index in [1.165, 1.54) is 29.0 Å². The van der Waals surface area contributed by atoms with Crippen LogP contribution in [0.5, 0.6) is 0 Å². The molecule has 0 spiro atoms. The number of nitrogens with zero attached hydrogens (tertiary/aromatic N) is 4. The van der Waals surface area contributed by atoms with Crippen LogP contribution in [0.1, 0.15) is 15.9 Å². The summed E-state index contributed by atoms with van der Waals surface area (Å²) in [5, 5.41) is 9.83. The highest BCUT2D eigenvalue weighted by molar-refractivity contribution is 6.08. The van der Waals surface area contributed by atoms with Crippen LogP contribution in [0.4, 0.5) is 20.3 Å². The van der Waals surface area contributed by atoms with Crippen molar-refractivity contribution in [2.24, 2.45) is 0 Å². The number of aromatic nitrogens is 4. The molecule has 0 bridgehead atoms. The second-order valence-electron chi connectivity index (χ2n) is 5.97. The van der Waals surface area contributed by atoms with Crippen molar-refractivity contribution in [3.63, 3.8) is 0 Å². The molecule has 0 atom stereocenters. The number of carbonyl (C=O) groups is 1. The van der Waals surface area contributed by atoms with Crippen LogP contribution in [0.2, 0.25) is 0 Å². The number of rotatable bonds is 5. The largest absolute Gasteiger partial charge is 0.366 e. The van der Waals surface area contributed by atoms with Gasteiger partial charge in [-0.1, -0.05) is 0 Å². The Kier molecular flexibility index (Phi) is 4.63. The lowest BCUT2D eigenvalue weighted by Crippen LogP contribution is -2.12. The molecule has 2 N–H and O–H groups in total. The highest BCUT2D eigenvalue weighted by Gasteiger charge is 2.15. The summed E-state index contributed by atoms with van der Waals surface area (Å²) in [7, 11) is 0. The zero-order valence-corrected chi connectivity index (χ0v) is 14.4. The lowest BCUT2D eigenvalue weighted by molar-refractivity contribution is 0.102. The molecule has 1 aromatic carbocycles. The van der Waals surface area contributed by atoms with Crippen LogP contribution in [0.3, 0.4) is 0 Å². The van der Waals surface area contributed by atoms with E-state index in [1.807, 2.05) is 0 Å². The Labute approximate surface area is 158 Å². The van der Waals surface area contributed by atoms with E-state index in [9.17, 15) is 13.6 Å². The summed E-state index contributed by atoms with van der Waals surface area (Å²) in [6.45, 7) is 0.170. The van der Waals surface area contributed by atoms with Gasteiger partial charge in [-0.15, -0.1) is 0 Å². The molecule has 1 amide bonds. The van der Waals surface area contributed by atoms with Crippen LogP contribution in [-0.4, -0.2) is 25.5 Å². The van der Waals surface area contributed by atoms with E-state index < -0.39 is 11.6 Å². The quantitative estimate of drug-likeness (QED) is 0.555. The molecule has 4 aromatic rings. The second kappa shape index (κ2) is 7.39. The molecule has 0 saturated heterocycles. The third-order valence-corrected chi connectivity index (χ3v) is 3.93. The molecular weight excluding hydrogens is 366 g/mol. The summed E-state index contributed by atoms with van der Waals surface area (Å²) in [6, 6.07) is 8.36. The van der Waals surface area contributed by atoms with Crippen molar-refractivity contribution in [1.29, 1.82) is 0 Å². The molecule has 9 heteroatoms. The van der Waals surface area contributed by atoms with Crippen LogP contribution in [0.25, 0.3) is 5.65 Å². The Morgan fingerprint density at radius 3 is 2.68 bits per heavy atom. The zero-order valence-electron chi connectivity index (χ0n) is 14.4. The van der Waals surface area contributed by atoms with E-state index in [1.54, 1.807) is 30.6 Å². The van der Waals surface area contributed by atoms with Crippen LogP contribution in [-0.2, 0) is 6.54 Å². The standard InChI is InChI=1S/C19H14F2N6O/c20-13-6-12(7-14(21)8-13)9-23-17-3-5-27-18(26-17)16(11-24-27)19(28)25-15-2-1-4-22-10-15/h1-8,10-11H,9H2,(H,23,26)(H,25,28). The number of nitrogens with one attached hydrogen (secondary N) is 2. The predicted molar refractivity (Wildman–Crippen MR) is 98.9 cm³/mol. The van der Waals surface area contributed by atoms with Gasteiger partial charge in [0.05, 0.1) is 18.1 Å². The number of hydrogen-bond donors (Lipinski definition) is 2. The molecule has 140 valence electrons. The van der Waals surface area contributed by atoms with Gasteiger partial charge in [0, 0.05) is 25.0 Å². The third kappa shape index (κ3) is 3.78. The summed E-state index contributed by atoms with van der Waals surface area (Å²) in [5.74, 6) is -1.23. The minimum Gasteiger partial charge on any atom is -0.366 e. The van der Waals surface area contributed by atoms with Gasteiger partial charge in [-0.05, 0) is 35.9 Å². The fraction of sp³-hybridized carbons (Fsp3) is 0.0526. The normalized spacial score (nSPS) is 10.8. The summed E-state index contributed by atoms with van der Waals surface area (Å²) in [4.78, 5) is 20.8. The van der Waals surface area contributed by atoms with Crippen molar-refractivity contribution in [1.82, 2.24) is 19.6 Å². The topological polar surface area (TPSA) is 84.2 Å². The first kappa shape index (κ1) is 17.5. The molecule has 4 rings (SSSR count). The van der Waals surface area contributed by atoms with E-state index in [0.29, 0.717) is 22.7 Å². The molecule has 0 saturated carbocycles. The molecule has 0 fully saturated rings. The number of hydrogen-bond acceptors (Lipinski definition) is 5. The van der Waals surface area contributed by atoms with Gasteiger partial charge in [-0.2, -0.15) is 5.10 Å². The van der Waals surface area contributed by atoms with Crippen molar-refractivity contribution in [3.8, 4) is 0 Å². The molecule has 7 nitrogen and oxygen atoms in total. The number of halogens is 2. The predicted octanol–water partition coefficient (Wildman–Crippen LogP) is 3.27. The summed E-state index contributed by atoms with van der Waals surface area (Å²) < 4.78 is 28.1. The first-order chi connectivity index (χ1) is 13.6. The molecule has 0 aliphatic carbocycles. The lowest BCUT2D eigenvalue weighted by Gasteiger charge is -2.07. The van der Waals surface area contributed by atoms with Gasteiger partial charge in [-0.3, -0.25) is 9.78 Å². The average Bonchev–Trinajstić information content (AvgIpc) is 3.10. The highest BCUT2D eigenvalue weighted by Crippen LogP contribution is 2.15. The maximum absolute atomic E-state index is 13.3. The maximum atomic E-state index is 13.3. The van der Waals surface area contributed by atoms with Crippen LogP contribution < -0.4 is 10.6 Å². The van der Waals surface area contributed by atoms with E-state index in [2.05, 4.69) is 25.7 Å². The Bertz CT molecular complexity index is 1130. The Morgan fingerprint density at radius 1 is 1.11 bits per heavy atom. The van der Waals surface area contributed by atoms with Gasteiger partial charge in [0.1, 0.15) is 23.0 Å². The maximum Gasteiger partial charge on any atom is 0.261 e. The van der Waals surface area contributed by atoms with Gasteiger partial charge in [0.2, 0.25) is 0 Å². The number of amides is 1. The number of carbonyl (C=O) groups excluding carboxylic acids is 1. The van der Waals surface area contributed by atoms with Crippen molar-refractivity contribution >= 4 is 23.1 Å². The minimum atomic E-state index is -0.648. The smallest absolute Gasteiger partial charge is 0.261 e. The summed E-state index contributed by atoms with van der Waals surface area (Å²) in [6.07, 6.45) is 6.19. The van der Waals surface area contributed by atoms with E-state index in [0.717, 1.165) is 6.07 Å². The number of anilines is 2. The van der Waals surface area contributed by atoms with Gasteiger partial charge < -0.3 is 10.6 Å². The van der Waals surface area contributed by atoms with Crippen LogP contribution in [0, 0.1) is 11.6 Å². The molecule has 0 unspecified atom stereocenters. The van der Waals surface area contributed by atoms with Crippen LogP contribution >= 0.6 is 0 Å². The van der Waals surface area contributed by atoms with E-state index >= 15 is 0 Å². The van der Waals surface area contributed by atoms with Crippen molar-refractivity contribution in [2.45, 2.75) is 6.54 Å². The molecule has 3 heterocycles. The third-order valence-electron chi connectivity index (χ3n) is 3.93. The SMILES string of the molecule is O=C(Nc1cccnc1)c1cnn2ccc(NCc3cc(F)cc(F)c3)nc12. The molecular formula is C19H14F2N6O. The first-order valence-electron chi connectivity index (χ1n) is 8.33. The monoisotopic (exact) mass is 380 g/mol. The molecule has 28 heavy (non-hydrogen) atoms. The van der Waals surface area contributed by atoms with Gasteiger partial charge in [-0.25, -0.2) is 18.3 Å². The zero-order chi connectivity index (χ0) is 19.5. The fourth-order valence-corrected chi connectivity index (χ4v) is 2.67. The van der Waals surface area contributed by atoms with Crippen molar-refractivity contribution in [2.75, 3.05) is 10.6 Å². The fourth-order valence-electron chi connectivity index (χ4n) is 2.67. The van der Waals surface area contributed by atoms with Gasteiger partial charge >= 0.3 is 0 Å². The lowest BCUT2D eigenvalue weighted by atomic mass is 10.2. The Balaban J connectivity index is 1.55. The van der Waals surface area contributed by atoms with E-state index in [4.69, 9.17) is 0 Å². The Morgan fingerprint density at radius 2 is 1.93 bits per heavy atom. The van der Waals surface area contributed by atoms with Crippen molar-refractivity contribution < 1.29 is 13.6 Å². The number of benzene rings is 1. The van der Waals surface area contributed by atoms with Gasteiger partial charge in [0.15, 0.2) is 5.65 Å². The average molecular weight is 380 g/mol. The van der Waals surface area contributed by atoms with Gasteiger partial charge in [0.25, 0.3) is 5.91 Å². The van der Waals surface area contributed by atoms with Crippen molar-refractivity contribution in [3.05, 3.63) is 83.9 Å². The summed E-state index contributed by atoms with van der Waals surface area (Å²) >= 11 is 0. The van der Waals surface area contributed by atoms with E-state index in [-0.39, 0.29) is 18.0 Å². The molecule has 0 aliphatic heterocycles. The molecule has 0 aliphatic rings. The summed E-state index contributed by atoms with van der Waals surface area (Å²) in [5.41, 5.74) is 1.61. The van der Waals surface area contributed by atoms with Crippen LogP contribution in [0.15, 0.2) is 61.2 Å².